The molecule has 1 aromatic heterocycles. The Balaban J connectivity index is 2.40. The summed E-state index contributed by atoms with van der Waals surface area (Å²) in [5.41, 5.74) is 0.505. The van der Waals surface area contributed by atoms with Crippen molar-refractivity contribution >= 4 is 27.3 Å². The Morgan fingerprint density at radius 2 is 2.00 bits per heavy atom. The molecule has 0 radical (unpaired) electrons. The molecule has 2 rings (SSSR count). The molecule has 0 aliphatic carbocycles. The molecular weight excluding hydrogens is 300 g/mol. The van der Waals surface area contributed by atoms with Crippen LogP contribution in [0.25, 0.3) is 0 Å². The summed E-state index contributed by atoms with van der Waals surface area (Å²) >= 11 is 0.965. The molecule has 20 heavy (non-hydrogen) atoms. The van der Waals surface area contributed by atoms with E-state index in [4.69, 9.17) is 5.11 Å². The first-order valence-electron chi connectivity index (χ1n) is 6.34. The number of likely N-dealkylation sites (N-methyl/N-ethyl adjacent to an activating group) is 1. The summed E-state index contributed by atoms with van der Waals surface area (Å²) in [5, 5.41) is 10.7. The van der Waals surface area contributed by atoms with Crippen LogP contribution < -0.4 is 0 Å². The van der Waals surface area contributed by atoms with Gasteiger partial charge in [0.15, 0.2) is 0 Å². The average Bonchev–Trinajstić information content (AvgIpc) is 2.62. The highest BCUT2D eigenvalue weighted by Gasteiger charge is 2.32. The highest BCUT2D eigenvalue weighted by molar-refractivity contribution is 7.89. The fourth-order valence-electron chi connectivity index (χ4n) is 2.29. The molecule has 0 bridgehead atoms. The first-order valence-corrected chi connectivity index (χ1v) is 8.66. The van der Waals surface area contributed by atoms with E-state index in [1.54, 1.807) is 12.3 Å². The van der Waals surface area contributed by atoms with E-state index in [9.17, 15) is 13.2 Å². The Kier molecular flexibility index (Phi) is 4.48. The number of carbonyl (C=O) groups is 1. The normalized spacial score (nSPS) is 18.9. The maximum atomic E-state index is 12.7. The number of aryl methyl sites for hydroxylation is 1. The van der Waals surface area contributed by atoms with E-state index in [-0.39, 0.29) is 9.77 Å². The largest absolute Gasteiger partial charge is 0.477 e. The first-order chi connectivity index (χ1) is 9.34. The zero-order valence-electron chi connectivity index (χ0n) is 11.5. The lowest BCUT2D eigenvalue weighted by molar-refractivity contribution is 0.0698. The van der Waals surface area contributed by atoms with Crippen molar-refractivity contribution in [3.05, 3.63) is 15.8 Å². The lowest BCUT2D eigenvalue weighted by Gasteiger charge is -2.20. The van der Waals surface area contributed by atoms with Crippen molar-refractivity contribution in [3.8, 4) is 0 Å². The van der Waals surface area contributed by atoms with Gasteiger partial charge >= 0.3 is 5.97 Å². The predicted octanol–water partition coefficient (Wildman–Crippen LogP) is 1.08. The molecule has 1 aliphatic heterocycles. The lowest BCUT2D eigenvalue weighted by atomic mass is 10.3. The molecule has 1 aromatic rings. The van der Waals surface area contributed by atoms with E-state index in [2.05, 4.69) is 4.90 Å². The predicted molar refractivity (Wildman–Crippen MR) is 76.9 cm³/mol. The molecule has 0 unspecified atom stereocenters. The number of thiophene rings is 1. The van der Waals surface area contributed by atoms with E-state index in [1.807, 2.05) is 7.05 Å². The van der Waals surface area contributed by atoms with E-state index in [1.165, 1.54) is 4.31 Å². The van der Waals surface area contributed by atoms with Crippen molar-refractivity contribution in [1.29, 1.82) is 0 Å². The quantitative estimate of drug-likeness (QED) is 0.902. The zero-order valence-corrected chi connectivity index (χ0v) is 13.1. The zero-order chi connectivity index (χ0) is 14.9. The van der Waals surface area contributed by atoms with E-state index < -0.39 is 16.0 Å². The molecule has 0 spiro atoms. The van der Waals surface area contributed by atoms with Crippen molar-refractivity contribution in [3.63, 3.8) is 0 Å². The third kappa shape index (κ3) is 2.88. The summed E-state index contributed by atoms with van der Waals surface area (Å²) in [6.45, 7) is 3.97. The van der Waals surface area contributed by atoms with Crippen LogP contribution in [0.4, 0.5) is 0 Å². The summed E-state index contributed by atoms with van der Waals surface area (Å²) in [5.74, 6) is -1.19. The second kappa shape index (κ2) is 5.80. The molecule has 1 saturated heterocycles. The Hall–Kier alpha value is -0.960. The Bertz CT molecular complexity index is 609. The maximum Gasteiger partial charge on any atom is 0.347 e. The fraction of sp³-hybridized carbons (Fsp3) is 0.583. The minimum atomic E-state index is -3.74. The SMILES string of the molecule is Cc1csc(C(=O)O)c1S(=O)(=O)N1CCCN(C)CC1. The third-order valence-electron chi connectivity index (χ3n) is 3.39. The number of hydrogen-bond donors (Lipinski definition) is 1. The number of aromatic carboxylic acids is 1. The van der Waals surface area contributed by atoms with E-state index in [0.29, 0.717) is 25.2 Å². The van der Waals surface area contributed by atoms with Crippen LogP contribution in [0.2, 0.25) is 0 Å². The molecule has 6 nitrogen and oxygen atoms in total. The van der Waals surface area contributed by atoms with Crippen molar-refractivity contribution in [2.45, 2.75) is 18.2 Å². The fourth-order valence-corrected chi connectivity index (χ4v) is 5.35. The Morgan fingerprint density at radius 1 is 1.30 bits per heavy atom. The minimum absolute atomic E-state index is 0.0421. The topological polar surface area (TPSA) is 77.9 Å². The van der Waals surface area contributed by atoms with Gasteiger partial charge in [0.05, 0.1) is 0 Å². The maximum absolute atomic E-state index is 12.7. The molecular formula is C12H18N2O4S2. The highest BCUT2D eigenvalue weighted by Crippen LogP contribution is 2.30. The van der Waals surface area contributed by atoms with Gasteiger partial charge < -0.3 is 10.0 Å². The standard InChI is InChI=1S/C12H18N2O4S2/c1-9-8-19-10(12(15)16)11(9)20(17,18)14-5-3-4-13(2)6-7-14/h8H,3-7H2,1-2H3,(H,15,16). The van der Waals surface area contributed by atoms with Crippen LogP contribution in [-0.2, 0) is 10.0 Å². The van der Waals surface area contributed by atoms with Gasteiger partial charge in [-0.25, -0.2) is 13.2 Å². The van der Waals surface area contributed by atoms with Gasteiger partial charge in [0.25, 0.3) is 0 Å². The van der Waals surface area contributed by atoms with Crippen LogP contribution in [0.5, 0.6) is 0 Å². The van der Waals surface area contributed by atoms with Gasteiger partial charge in [-0.2, -0.15) is 4.31 Å². The molecule has 1 N–H and O–H groups in total. The number of nitrogens with zero attached hydrogens (tertiary/aromatic N) is 2. The number of carboxylic acids is 1. The molecule has 112 valence electrons. The summed E-state index contributed by atoms with van der Waals surface area (Å²) < 4.78 is 26.8. The van der Waals surface area contributed by atoms with Crippen LogP contribution in [-0.4, -0.2) is 61.9 Å². The van der Waals surface area contributed by atoms with Crippen molar-refractivity contribution < 1.29 is 18.3 Å². The molecule has 0 atom stereocenters. The smallest absolute Gasteiger partial charge is 0.347 e. The number of carboxylic acid groups (broad SMARTS) is 1. The Labute approximate surface area is 122 Å². The third-order valence-corrected chi connectivity index (χ3v) is 6.69. The molecule has 1 fully saturated rings. The highest BCUT2D eigenvalue weighted by atomic mass is 32.2. The van der Waals surface area contributed by atoms with Gasteiger partial charge in [0.2, 0.25) is 10.0 Å². The van der Waals surface area contributed by atoms with Gasteiger partial charge in [-0.15, -0.1) is 11.3 Å². The molecule has 1 aliphatic rings. The minimum Gasteiger partial charge on any atom is -0.477 e. The van der Waals surface area contributed by atoms with Crippen LogP contribution in [0.3, 0.4) is 0 Å². The number of sulfonamides is 1. The van der Waals surface area contributed by atoms with Crippen molar-refractivity contribution in [1.82, 2.24) is 9.21 Å². The van der Waals surface area contributed by atoms with Crippen LogP contribution in [0.15, 0.2) is 10.3 Å². The van der Waals surface area contributed by atoms with E-state index >= 15 is 0 Å². The van der Waals surface area contributed by atoms with Gasteiger partial charge in [0, 0.05) is 19.6 Å². The lowest BCUT2D eigenvalue weighted by Crippen LogP contribution is -2.35. The second-order valence-corrected chi connectivity index (χ2v) is 7.70. The monoisotopic (exact) mass is 318 g/mol. The van der Waals surface area contributed by atoms with Gasteiger partial charge in [-0.05, 0) is 37.9 Å². The second-order valence-electron chi connectivity index (χ2n) is 4.94. The van der Waals surface area contributed by atoms with Crippen LogP contribution in [0, 0.1) is 6.92 Å². The number of rotatable bonds is 3. The molecule has 0 saturated carbocycles. The van der Waals surface area contributed by atoms with Crippen molar-refractivity contribution in [2.75, 3.05) is 33.2 Å². The van der Waals surface area contributed by atoms with Gasteiger partial charge in [-0.1, -0.05) is 0 Å². The van der Waals surface area contributed by atoms with E-state index in [0.717, 1.165) is 24.3 Å². The molecule has 8 heteroatoms. The first kappa shape index (κ1) is 15.4. The number of hydrogen-bond acceptors (Lipinski definition) is 5. The van der Waals surface area contributed by atoms with Crippen LogP contribution in [0.1, 0.15) is 21.7 Å². The molecule has 0 amide bonds. The molecule has 2 heterocycles. The van der Waals surface area contributed by atoms with Gasteiger partial charge in [-0.3, -0.25) is 0 Å². The Morgan fingerprint density at radius 3 is 2.65 bits per heavy atom. The summed E-state index contributed by atoms with van der Waals surface area (Å²) in [6, 6.07) is 0. The van der Waals surface area contributed by atoms with Gasteiger partial charge in [0.1, 0.15) is 9.77 Å². The summed E-state index contributed by atoms with van der Waals surface area (Å²) in [7, 11) is -1.78. The summed E-state index contributed by atoms with van der Waals surface area (Å²) in [4.78, 5) is 13.1. The summed E-state index contributed by atoms with van der Waals surface area (Å²) in [6.07, 6.45) is 0.751. The van der Waals surface area contributed by atoms with Crippen molar-refractivity contribution in [2.24, 2.45) is 0 Å². The molecule has 0 aromatic carbocycles. The average molecular weight is 318 g/mol. The van der Waals surface area contributed by atoms with Crippen LogP contribution >= 0.6 is 11.3 Å².